The number of hydrogen-bond acceptors (Lipinski definition) is 9. The fourth-order valence-electron chi connectivity index (χ4n) is 3.67. The van der Waals surface area contributed by atoms with E-state index in [0.717, 1.165) is 10.6 Å². The molecule has 1 aliphatic heterocycles. The van der Waals surface area contributed by atoms with E-state index < -0.39 is 21.0 Å². The molecule has 0 amide bonds. The first kappa shape index (κ1) is 26.0. The van der Waals surface area contributed by atoms with E-state index in [1.54, 1.807) is 6.07 Å². The van der Waals surface area contributed by atoms with E-state index in [2.05, 4.69) is 0 Å². The number of benzene rings is 1. The predicted molar refractivity (Wildman–Crippen MR) is 125 cm³/mol. The largest absolute Gasteiger partial charge is 0.462 e. The highest BCUT2D eigenvalue weighted by atomic mass is 32.2. The molecule has 0 saturated carbocycles. The number of thiazole rings is 1. The van der Waals surface area contributed by atoms with E-state index in [0.29, 0.717) is 57.8 Å². The molecule has 11 nitrogen and oxygen atoms in total. The average Bonchev–Trinajstić information content (AvgIpc) is 3.15. The predicted octanol–water partition coefficient (Wildman–Crippen LogP) is 2.16. The van der Waals surface area contributed by atoms with Gasteiger partial charge in [0.05, 0.1) is 40.9 Å². The van der Waals surface area contributed by atoms with E-state index in [4.69, 9.17) is 14.0 Å². The molecule has 1 aliphatic rings. The number of rotatable bonds is 11. The van der Waals surface area contributed by atoms with Gasteiger partial charge in [0.25, 0.3) is 15.8 Å². The molecule has 2 heterocycles. The third-order valence-electron chi connectivity index (χ3n) is 5.53. The minimum absolute atomic E-state index is 0.125. The van der Waals surface area contributed by atoms with E-state index in [1.165, 1.54) is 23.5 Å². The van der Waals surface area contributed by atoms with E-state index in [-0.39, 0.29) is 23.6 Å². The van der Waals surface area contributed by atoms with Crippen LogP contribution in [0.2, 0.25) is 0 Å². The van der Waals surface area contributed by atoms with Crippen molar-refractivity contribution in [3.05, 3.63) is 50.0 Å². The zero-order chi connectivity index (χ0) is 24.7. The number of hydrogen-bond donors (Lipinski definition) is 1. The van der Waals surface area contributed by atoms with Crippen molar-refractivity contribution in [3.8, 4) is 0 Å². The maximum Gasteiger partial charge on any atom is 0.338 e. The second-order valence-electron chi connectivity index (χ2n) is 7.86. The van der Waals surface area contributed by atoms with Crippen LogP contribution in [0.1, 0.15) is 33.8 Å². The maximum absolute atomic E-state index is 12.5. The monoisotopic (exact) mass is 514 g/mol. The molecular formula is C21H28N3O8S2+. The van der Waals surface area contributed by atoms with Crippen LogP contribution >= 0.6 is 11.3 Å². The smallest absolute Gasteiger partial charge is 0.338 e. The zero-order valence-electron chi connectivity index (χ0n) is 18.8. The van der Waals surface area contributed by atoms with Crippen LogP contribution < -0.4 is 9.47 Å². The van der Waals surface area contributed by atoms with Gasteiger partial charge in [0.15, 0.2) is 5.69 Å². The van der Waals surface area contributed by atoms with E-state index in [1.807, 2.05) is 21.9 Å². The number of anilines is 1. The summed E-state index contributed by atoms with van der Waals surface area (Å²) in [6, 6.07) is 4.37. The molecule has 1 fully saturated rings. The Morgan fingerprint density at radius 1 is 1.32 bits per heavy atom. The summed E-state index contributed by atoms with van der Waals surface area (Å²) in [5.74, 6) is -0.880. The summed E-state index contributed by atoms with van der Waals surface area (Å²) in [6.45, 7) is 4.76. The van der Waals surface area contributed by atoms with Crippen LogP contribution in [0.3, 0.4) is 0 Å². The van der Waals surface area contributed by atoms with Gasteiger partial charge in [0.1, 0.15) is 12.2 Å². The lowest BCUT2D eigenvalue weighted by Crippen LogP contribution is -2.36. The van der Waals surface area contributed by atoms with Crippen LogP contribution in [0, 0.1) is 17.0 Å². The summed E-state index contributed by atoms with van der Waals surface area (Å²) in [6.07, 6.45) is 1.47. The Balaban J connectivity index is 1.54. The van der Waals surface area contributed by atoms with Gasteiger partial charge in [0.2, 0.25) is 5.51 Å². The number of aryl methyl sites for hydroxylation is 1. The molecule has 1 aromatic heterocycles. The van der Waals surface area contributed by atoms with Gasteiger partial charge >= 0.3 is 5.97 Å². The molecule has 1 aromatic carbocycles. The van der Waals surface area contributed by atoms with Crippen LogP contribution in [0.5, 0.6) is 0 Å². The quantitative estimate of drug-likeness (QED) is 0.119. The first-order valence-electron chi connectivity index (χ1n) is 10.9. The summed E-state index contributed by atoms with van der Waals surface area (Å²) < 4.78 is 43.1. The lowest BCUT2D eigenvalue weighted by atomic mass is 10.1. The molecule has 13 heteroatoms. The Hall–Kier alpha value is -2.61. The van der Waals surface area contributed by atoms with E-state index in [9.17, 15) is 23.3 Å². The molecule has 186 valence electrons. The Morgan fingerprint density at radius 3 is 2.74 bits per heavy atom. The van der Waals surface area contributed by atoms with Gasteiger partial charge in [-0.3, -0.25) is 14.7 Å². The van der Waals surface area contributed by atoms with Crippen LogP contribution in [0.25, 0.3) is 0 Å². The minimum atomic E-state index is -3.94. The molecule has 0 aliphatic carbocycles. The highest BCUT2D eigenvalue weighted by molar-refractivity contribution is 7.85. The Labute approximate surface area is 201 Å². The van der Waals surface area contributed by atoms with Crippen molar-refractivity contribution in [2.24, 2.45) is 0 Å². The van der Waals surface area contributed by atoms with Crippen molar-refractivity contribution >= 4 is 38.8 Å². The first-order valence-corrected chi connectivity index (χ1v) is 13.3. The topological polar surface area (TPSA) is 140 Å². The van der Waals surface area contributed by atoms with E-state index >= 15 is 0 Å². The van der Waals surface area contributed by atoms with Gasteiger partial charge in [-0.25, -0.2) is 4.79 Å². The van der Waals surface area contributed by atoms with Crippen LogP contribution in [-0.2, 0) is 32.6 Å². The second-order valence-corrected chi connectivity index (χ2v) is 10.4. The number of aromatic nitrogens is 1. The number of nitro groups is 1. The van der Waals surface area contributed by atoms with Gasteiger partial charge in [-0.05, 0) is 18.6 Å². The standard InChI is InChI=1S/C21H27N3O8S2/c1-16-20(33-15-23(16)7-2-3-13-34(28,29)30)6-10-32-21(25)17-4-5-18(19(14-17)24(26)27)22-8-11-31-12-9-22/h4-5,14-15H,2-3,6-13H2,1H3/p+1. The van der Waals surface area contributed by atoms with Gasteiger partial charge < -0.3 is 14.4 Å². The molecule has 34 heavy (non-hydrogen) atoms. The van der Waals surface area contributed by atoms with Gasteiger partial charge in [-0.15, -0.1) is 0 Å². The Morgan fingerprint density at radius 2 is 2.06 bits per heavy atom. The fraction of sp³-hybridized carbons (Fsp3) is 0.524. The van der Waals surface area contributed by atoms with Crippen molar-refractivity contribution in [1.82, 2.24) is 0 Å². The first-order chi connectivity index (χ1) is 16.2. The SMILES string of the molecule is Cc1c(CCOC(=O)c2ccc(N3CCOCC3)c([N+](=O)[O-])c2)sc[n+]1CCCCS(=O)(=O)O. The lowest BCUT2D eigenvalue weighted by Gasteiger charge is -2.28. The molecular weight excluding hydrogens is 486 g/mol. The lowest BCUT2D eigenvalue weighted by molar-refractivity contribution is -0.698. The number of morpholine rings is 1. The molecule has 1 N–H and O–H groups in total. The second kappa shape index (κ2) is 11.7. The Bertz CT molecular complexity index is 1130. The fourth-order valence-corrected chi connectivity index (χ4v) is 5.24. The highest BCUT2D eigenvalue weighted by Crippen LogP contribution is 2.30. The summed E-state index contributed by atoms with van der Waals surface area (Å²) in [7, 11) is -3.94. The Kier molecular flexibility index (Phi) is 8.94. The van der Waals surface area contributed by atoms with Crippen LogP contribution in [0.15, 0.2) is 23.7 Å². The number of unbranched alkanes of at least 4 members (excludes halogenated alkanes) is 1. The highest BCUT2D eigenvalue weighted by Gasteiger charge is 2.24. The molecule has 2 aromatic rings. The van der Waals surface area contributed by atoms with Crippen molar-refractivity contribution in [2.45, 2.75) is 32.7 Å². The molecule has 0 spiro atoms. The van der Waals surface area contributed by atoms with Crippen LogP contribution in [0.4, 0.5) is 11.4 Å². The number of nitro benzene ring substituents is 1. The number of carbonyl (C=O) groups is 1. The van der Waals surface area contributed by atoms with Gasteiger partial charge in [0, 0.05) is 38.9 Å². The number of ether oxygens (including phenoxy) is 2. The van der Waals surface area contributed by atoms with Crippen molar-refractivity contribution in [2.75, 3.05) is 43.6 Å². The number of carbonyl (C=O) groups excluding carboxylic acids is 1. The molecule has 1 saturated heterocycles. The molecule has 0 bridgehead atoms. The minimum Gasteiger partial charge on any atom is -0.462 e. The zero-order valence-corrected chi connectivity index (χ0v) is 20.5. The summed E-state index contributed by atoms with van der Waals surface area (Å²) >= 11 is 1.51. The third kappa shape index (κ3) is 7.19. The average molecular weight is 515 g/mol. The molecule has 0 atom stereocenters. The summed E-state index contributed by atoms with van der Waals surface area (Å²) in [4.78, 5) is 26.5. The van der Waals surface area contributed by atoms with Crippen LogP contribution in [-0.4, -0.2) is 62.5 Å². The number of nitrogens with zero attached hydrogens (tertiary/aromatic N) is 3. The molecule has 0 radical (unpaired) electrons. The normalized spacial score (nSPS) is 14.2. The summed E-state index contributed by atoms with van der Waals surface area (Å²) in [5, 5.41) is 11.6. The number of esters is 1. The van der Waals surface area contributed by atoms with Crippen molar-refractivity contribution in [3.63, 3.8) is 0 Å². The summed E-state index contributed by atoms with van der Waals surface area (Å²) in [5.41, 5.74) is 3.37. The van der Waals surface area contributed by atoms with Crippen molar-refractivity contribution < 1.29 is 36.7 Å². The molecule has 0 unspecified atom stereocenters. The molecule has 3 rings (SSSR count). The van der Waals surface area contributed by atoms with Crippen molar-refractivity contribution in [1.29, 1.82) is 0 Å². The van der Waals surface area contributed by atoms with Gasteiger partial charge in [-0.2, -0.15) is 13.0 Å². The maximum atomic E-state index is 12.5. The third-order valence-corrected chi connectivity index (χ3v) is 7.48. The van der Waals surface area contributed by atoms with Gasteiger partial charge in [-0.1, -0.05) is 11.3 Å².